The molecule has 0 bridgehead atoms. The predicted octanol–water partition coefficient (Wildman–Crippen LogP) is 0.964. The number of benzene rings is 1. The summed E-state index contributed by atoms with van der Waals surface area (Å²) in [6.07, 6.45) is 3.50. The fourth-order valence-corrected chi connectivity index (χ4v) is 2.23. The first-order valence-electron chi connectivity index (χ1n) is 5.47. The normalized spacial score (nSPS) is 19.4. The summed E-state index contributed by atoms with van der Waals surface area (Å²) in [5.41, 5.74) is 2.50. The maximum atomic E-state index is 9.49. The van der Waals surface area contributed by atoms with Crippen LogP contribution in [0.25, 0.3) is 5.57 Å². The third-order valence-electron chi connectivity index (χ3n) is 3.21. The highest BCUT2D eigenvalue weighted by molar-refractivity contribution is 6.36. The molecule has 0 fully saturated rings. The van der Waals surface area contributed by atoms with Crippen LogP contribution in [-0.2, 0) is 0 Å². The summed E-state index contributed by atoms with van der Waals surface area (Å²) in [5.74, 6) is 0. The van der Waals surface area contributed by atoms with E-state index in [4.69, 9.17) is 0 Å². The fraction of sp³-hybridized carbons (Fsp3) is 0.231. The Kier molecular flexibility index (Phi) is 2.21. The van der Waals surface area contributed by atoms with Crippen molar-refractivity contribution in [1.29, 1.82) is 0 Å². The SMILES string of the molecule is OCC1(CO)N=CC=C2C1=Nc1ccccc12. The number of aliphatic hydroxyl groups is 2. The van der Waals surface area contributed by atoms with Gasteiger partial charge in [-0.2, -0.15) is 0 Å². The molecule has 2 heterocycles. The van der Waals surface area contributed by atoms with E-state index < -0.39 is 5.54 Å². The second-order valence-electron chi connectivity index (χ2n) is 4.18. The van der Waals surface area contributed by atoms with Crippen LogP contribution in [0.1, 0.15) is 5.56 Å². The number of allylic oxidation sites excluding steroid dienone is 1. The van der Waals surface area contributed by atoms with Gasteiger partial charge in [0.25, 0.3) is 0 Å². The monoisotopic (exact) mass is 228 g/mol. The van der Waals surface area contributed by atoms with Crippen LogP contribution in [0, 0.1) is 0 Å². The molecule has 3 rings (SSSR count). The largest absolute Gasteiger partial charge is 0.393 e. The summed E-state index contributed by atoms with van der Waals surface area (Å²) in [4.78, 5) is 8.67. The van der Waals surface area contributed by atoms with Crippen molar-refractivity contribution in [2.24, 2.45) is 9.98 Å². The fourth-order valence-electron chi connectivity index (χ4n) is 2.23. The molecule has 4 nitrogen and oxygen atoms in total. The van der Waals surface area contributed by atoms with Gasteiger partial charge in [0.05, 0.1) is 24.6 Å². The Bertz CT molecular complexity index is 554. The standard InChI is InChI=1S/C13H12N2O2/c16-7-13(8-17)12-10(5-6-14-13)9-3-1-2-4-11(9)15-12/h1-6,16-17H,7-8H2. The molecule has 4 heteroatoms. The molecule has 0 atom stereocenters. The number of hydrogen-bond acceptors (Lipinski definition) is 4. The van der Waals surface area contributed by atoms with Crippen molar-refractivity contribution in [3.05, 3.63) is 35.9 Å². The van der Waals surface area contributed by atoms with Gasteiger partial charge in [0.1, 0.15) is 5.54 Å². The van der Waals surface area contributed by atoms with Gasteiger partial charge in [0, 0.05) is 17.4 Å². The summed E-state index contributed by atoms with van der Waals surface area (Å²) < 4.78 is 0. The van der Waals surface area contributed by atoms with Gasteiger partial charge in [-0.25, -0.2) is 4.99 Å². The molecule has 0 amide bonds. The number of nitrogens with zero attached hydrogens (tertiary/aromatic N) is 2. The lowest BCUT2D eigenvalue weighted by Crippen LogP contribution is -2.45. The molecule has 0 aromatic heterocycles. The summed E-state index contributed by atoms with van der Waals surface area (Å²) in [5, 5.41) is 19.0. The Labute approximate surface area is 98.7 Å². The highest BCUT2D eigenvalue weighted by atomic mass is 16.3. The van der Waals surface area contributed by atoms with Gasteiger partial charge in [-0.15, -0.1) is 0 Å². The van der Waals surface area contributed by atoms with Crippen LogP contribution in [0.2, 0.25) is 0 Å². The minimum absolute atomic E-state index is 0.246. The van der Waals surface area contributed by atoms with E-state index in [9.17, 15) is 10.2 Å². The molecule has 0 radical (unpaired) electrons. The summed E-state index contributed by atoms with van der Waals surface area (Å²) >= 11 is 0. The Morgan fingerprint density at radius 1 is 1.12 bits per heavy atom. The van der Waals surface area contributed by atoms with E-state index in [0.29, 0.717) is 5.71 Å². The molecule has 1 aromatic carbocycles. The van der Waals surface area contributed by atoms with Crippen molar-refractivity contribution < 1.29 is 10.2 Å². The second kappa shape index (κ2) is 3.61. The van der Waals surface area contributed by atoms with E-state index in [1.165, 1.54) is 0 Å². The molecule has 0 saturated heterocycles. The van der Waals surface area contributed by atoms with Gasteiger partial charge in [-0.3, -0.25) is 4.99 Å². The summed E-state index contributed by atoms with van der Waals surface area (Å²) in [6, 6.07) is 7.77. The average molecular weight is 228 g/mol. The first kappa shape index (κ1) is 10.4. The van der Waals surface area contributed by atoms with Crippen molar-refractivity contribution >= 4 is 23.2 Å². The van der Waals surface area contributed by atoms with Gasteiger partial charge in [0.15, 0.2) is 0 Å². The first-order chi connectivity index (χ1) is 8.30. The van der Waals surface area contributed by atoms with Gasteiger partial charge in [0.2, 0.25) is 0 Å². The van der Waals surface area contributed by atoms with Crippen molar-refractivity contribution in [3.8, 4) is 0 Å². The third kappa shape index (κ3) is 1.31. The van der Waals surface area contributed by atoms with Crippen molar-refractivity contribution in [2.45, 2.75) is 5.54 Å². The number of para-hydroxylation sites is 1. The highest BCUT2D eigenvalue weighted by Crippen LogP contribution is 2.40. The Balaban J connectivity index is 2.19. The van der Waals surface area contributed by atoms with Gasteiger partial charge < -0.3 is 10.2 Å². The van der Waals surface area contributed by atoms with Crippen molar-refractivity contribution in [2.75, 3.05) is 13.2 Å². The average Bonchev–Trinajstić information content (AvgIpc) is 2.77. The van der Waals surface area contributed by atoms with Crippen LogP contribution in [0.15, 0.2) is 40.3 Å². The number of aliphatic imine (C=N–C) groups is 2. The van der Waals surface area contributed by atoms with E-state index in [-0.39, 0.29) is 13.2 Å². The Morgan fingerprint density at radius 2 is 1.88 bits per heavy atom. The lowest BCUT2D eigenvalue weighted by molar-refractivity contribution is 0.166. The summed E-state index contributed by atoms with van der Waals surface area (Å²) in [6.45, 7) is -0.492. The number of dihydropyridines is 1. The van der Waals surface area contributed by atoms with Crippen molar-refractivity contribution in [3.63, 3.8) is 0 Å². The maximum Gasteiger partial charge on any atom is 0.149 e. The second-order valence-corrected chi connectivity index (χ2v) is 4.18. The Morgan fingerprint density at radius 3 is 2.65 bits per heavy atom. The van der Waals surface area contributed by atoms with E-state index in [0.717, 1.165) is 16.8 Å². The van der Waals surface area contributed by atoms with Gasteiger partial charge in [-0.05, 0) is 12.1 Å². The predicted molar refractivity (Wildman–Crippen MR) is 66.9 cm³/mol. The van der Waals surface area contributed by atoms with E-state index in [2.05, 4.69) is 9.98 Å². The first-order valence-corrected chi connectivity index (χ1v) is 5.47. The zero-order chi connectivity index (χ0) is 11.9. The number of aliphatic hydroxyl groups excluding tert-OH is 2. The van der Waals surface area contributed by atoms with Crippen LogP contribution in [-0.4, -0.2) is 40.9 Å². The van der Waals surface area contributed by atoms with Crippen LogP contribution in [0.4, 0.5) is 5.69 Å². The topological polar surface area (TPSA) is 65.2 Å². The lowest BCUT2D eigenvalue weighted by Gasteiger charge is -2.28. The lowest BCUT2D eigenvalue weighted by atomic mass is 9.86. The zero-order valence-electron chi connectivity index (χ0n) is 9.17. The van der Waals surface area contributed by atoms with Gasteiger partial charge in [-0.1, -0.05) is 18.2 Å². The molecular formula is C13H12N2O2. The van der Waals surface area contributed by atoms with E-state index in [1.807, 2.05) is 30.3 Å². The highest BCUT2D eigenvalue weighted by Gasteiger charge is 2.41. The quantitative estimate of drug-likeness (QED) is 0.792. The molecule has 2 N–H and O–H groups in total. The molecule has 86 valence electrons. The molecule has 0 unspecified atom stereocenters. The minimum atomic E-state index is -0.997. The smallest absolute Gasteiger partial charge is 0.149 e. The number of fused-ring (bicyclic) bond motifs is 3. The minimum Gasteiger partial charge on any atom is -0.393 e. The van der Waals surface area contributed by atoms with Gasteiger partial charge >= 0.3 is 0 Å². The molecule has 0 aliphatic carbocycles. The zero-order valence-corrected chi connectivity index (χ0v) is 9.17. The number of hydrogen-bond donors (Lipinski definition) is 2. The molecule has 17 heavy (non-hydrogen) atoms. The molecule has 0 saturated carbocycles. The molecule has 1 aromatic rings. The van der Waals surface area contributed by atoms with Crippen LogP contribution >= 0.6 is 0 Å². The van der Waals surface area contributed by atoms with E-state index >= 15 is 0 Å². The number of rotatable bonds is 2. The van der Waals surface area contributed by atoms with E-state index in [1.54, 1.807) is 6.21 Å². The third-order valence-corrected chi connectivity index (χ3v) is 3.21. The van der Waals surface area contributed by atoms with Crippen LogP contribution in [0.5, 0.6) is 0 Å². The molecular weight excluding hydrogens is 216 g/mol. The Hall–Kier alpha value is -1.78. The van der Waals surface area contributed by atoms with Crippen LogP contribution < -0.4 is 0 Å². The molecule has 0 spiro atoms. The molecule has 2 aliphatic heterocycles. The summed E-state index contributed by atoms with van der Waals surface area (Å²) in [7, 11) is 0. The maximum absolute atomic E-state index is 9.49. The molecule has 2 aliphatic rings. The van der Waals surface area contributed by atoms with Crippen LogP contribution in [0.3, 0.4) is 0 Å². The van der Waals surface area contributed by atoms with Crippen molar-refractivity contribution in [1.82, 2.24) is 0 Å².